The summed E-state index contributed by atoms with van der Waals surface area (Å²) in [4.78, 5) is 24.5. The molecule has 0 saturated carbocycles. The number of hydrogen-bond donors (Lipinski definition) is 0. The minimum absolute atomic E-state index is 0.0303. The Labute approximate surface area is 126 Å². The van der Waals surface area contributed by atoms with Gasteiger partial charge in [0.15, 0.2) is 0 Å². The monoisotopic (exact) mass is 316 g/mol. The zero-order valence-corrected chi connectivity index (χ0v) is 12.4. The number of likely N-dealkylation sites (tertiary alicyclic amines) is 1. The maximum Gasteiger partial charge on any atom is 0.282 e. The predicted octanol–water partition coefficient (Wildman–Crippen LogP) is 3.34. The second-order valence-electron chi connectivity index (χ2n) is 4.95. The SMILES string of the molecule is CC1CN(C(=O)c2cc(Cl)ccc2[N+](=O)[O-])CCC1Cl. The summed E-state index contributed by atoms with van der Waals surface area (Å²) in [7, 11) is 0. The van der Waals surface area contributed by atoms with Crippen LogP contribution >= 0.6 is 23.2 Å². The molecule has 7 heteroatoms. The minimum atomic E-state index is -0.568. The van der Waals surface area contributed by atoms with Crippen molar-refractivity contribution in [2.75, 3.05) is 13.1 Å². The van der Waals surface area contributed by atoms with Crippen LogP contribution in [0, 0.1) is 16.0 Å². The topological polar surface area (TPSA) is 63.5 Å². The summed E-state index contributed by atoms with van der Waals surface area (Å²) < 4.78 is 0. The van der Waals surface area contributed by atoms with Gasteiger partial charge in [-0.25, -0.2) is 0 Å². The minimum Gasteiger partial charge on any atom is -0.338 e. The number of nitrogens with zero attached hydrogens (tertiary/aromatic N) is 2. The van der Waals surface area contributed by atoms with Gasteiger partial charge in [-0.3, -0.25) is 14.9 Å². The van der Waals surface area contributed by atoms with E-state index in [1.807, 2.05) is 6.92 Å². The smallest absolute Gasteiger partial charge is 0.282 e. The zero-order chi connectivity index (χ0) is 14.9. The van der Waals surface area contributed by atoms with Gasteiger partial charge in [0, 0.05) is 29.6 Å². The Kier molecular flexibility index (Phi) is 4.50. The molecule has 1 aromatic carbocycles. The van der Waals surface area contributed by atoms with Crippen LogP contribution < -0.4 is 0 Å². The van der Waals surface area contributed by atoms with Gasteiger partial charge in [0.25, 0.3) is 11.6 Å². The van der Waals surface area contributed by atoms with Crippen LogP contribution in [0.4, 0.5) is 5.69 Å². The highest BCUT2D eigenvalue weighted by atomic mass is 35.5. The Morgan fingerprint density at radius 2 is 2.20 bits per heavy atom. The predicted molar refractivity (Wildman–Crippen MR) is 77.4 cm³/mol. The largest absolute Gasteiger partial charge is 0.338 e. The van der Waals surface area contributed by atoms with E-state index >= 15 is 0 Å². The van der Waals surface area contributed by atoms with E-state index in [0.717, 1.165) is 0 Å². The molecule has 1 amide bonds. The zero-order valence-electron chi connectivity index (χ0n) is 10.9. The molecule has 1 aliphatic rings. The number of piperidine rings is 1. The second kappa shape index (κ2) is 5.97. The number of benzene rings is 1. The van der Waals surface area contributed by atoms with Crippen molar-refractivity contribution in [1.29, 1.82) is 0 Å². The Bertz CT molecular complexity index is 550. The summed E-state index contributed by atoms with van der Waals surface area (Å²) in [5.41, 5.74) is -0.192. The Balaban J connectivity index is 2.29. The van der Waals surface area contributed by atoms with Crippen LogP contribution in [0.5, 0.6) is 0 Å². The van der Waals surface area contributed by atoms with Crippen molar-refractivity contribution in [3.63, 3.8) is 0 Å². The summed E-state index contributed by atoms with van der Waals surface area (Å²) in [6.45, 7) is 2.96. The van der Waals surface area contributed by atoms with E-state index < -0.39 is 4.92 Å². The quantitative estimate of drug-likeness (QED) is 0.477. The first-order valence-electron chi connectivity index (χ1n) is 6.27. The molecule has 0 aliphatic carbocycles. The molecule has 20 heavy (non-hydrogen) atoms. The standard InChI is InChI=1S/C13H14Cl2N2O3/c1-8-7-16(5-4-11(8)15)13(18)10-6-9(14)2-3-12(10)17(19)20/h2-3,6,8,11H,4-5,7H2,1H3. The molecule has 0 N–H and O–H groups in total. The number of alkyl halides is 1. The number of nitro groups is 1. The fourth-order valence-electron chi connectivity index (χ4n) is 2.31. The molecule has 0 bridgehead atoms. The lowest BCUT2D eigenvalue weighted by molar-refractivity contribution is -0.385. The van der Waals surface area contributed by atoms with Gasteiger partial charge in [-0.2, -0.15) is 0 Å². The van der Waals surface area contributed by atoms with Crippen LogP contribution in [-0.4, -0.2) is 34.2 Å². The highest BCUT2D eigenvalue weighted by Crippen LogP contribution is 2.27. The van der Waals surface area contributed by atoms with Crippen LogP contribution in [0.3, 0.4) is 0 Å². The third kappa shape index (κ3) is 3.04. The van der Waals surface area contributed by atoms with Crippen molar-refractivity contribution in [2.24, 2.45) is 5.92 Å². The number of rotatable bonds is 2. The number of carbonyl (C=O) groups is 1. The molecule has 5 nitrogen and oxygen atoms in total. The molecule has 0 radical (unpaired) electrons. The van der Waals surface area contributed by atoms with Crippen molar-refractivity contribution in [2.45, 2.75) is 18.7 Å². The summed E-state index contributed by atoms with van der Waals surface area (Å²) in [5, 5.41) is 11.3. The molecule has 2 rings (SSSR count). The molecule has 2 unspecified atom stereocenters. The first-order valence-corrected chi connectivity index (χ1v) is 7.09. The van der Waals surface area contributed by atoms with E-state index in [9.17, 15) is 14.9 Å². The van der Waals surface area contributed by atoms with Crippen LogP contribution in [0.25, 0.3) is 0 Å². The summed E-state index contributed by atoms with van der Waals surface area (Å²) in [6, 6.07) is 4.01. The van der Waals surface area contributed by atoms with Gasteiger partial charge in [0.05, 0.1) is 4.92 Å². The van der Waals surface area contributed by atoms with E-state index in [0.29, 0.717) is 24.5 Å². The van der Waals surface area contributed by atoms with E-state index in [2.05, 4.69) is 0 Å². The molecule has 108 valence electrons. The molecule has 1 heterocycles. The number of amides is 1. The van der Waals surface area contributed by atoms with Crippen LogP contribution in [0.15, 0.2) is 18.2 Å². The first kappa shape index (κ1) is 15.1. The van der Waals surface area contributed by atoms with Crippen LogP contribution in [0.1, 0.15) is 23.7 Å². The van der Waals surface area contributed by atoms with Gasteiger partial charge in [0.2, 0.25) is 0 Å². The van der Waals surface area contributed by atoms with Gasteiger partial charge in [0.1, 0.15) is 5.56 Å². The first-order chi connectivity index (χ1) is 9.40. The number of nitro benzene ring substituents is 1. The fraction of sp³-hybridized carbons (Fsp3) is 0.462. The average Bonchev–Trinajstić information content (AvgIpc) is 2.40. The highest BCUT2D eigenvalue weighted by molar-refractivity contribution is 6.31. The van der Waals surface area contributed by atoms with Gasteiger partial charge in [-0.1, -0.05) is 18.5 Å². The average molecular weight is 317 g/mol. The molecule has 1 aliphatic heterocycles. The normalized spacial score (nSPS) is 22.6. The van der Waals surface area contributed by atoms with Crippen molar-refractivity contribution in [3.05, 3.63) is 38.9 Å². The molecular weight excluding hydrogens is 303 g/mol. The molecule has 2 atom stereocenters. The van der Waals surface area contributed by atoms with E-state index in [-0.39, 0.29) is 28.5 Å². The Morgan fingerprint density at radius 3 is 2.80 bits per heavy atom. The Hall–Kier alpha value is -1.33. The maximum atomic E-state index is 12.4. The maximum absolute atomic E-state index is 12.4. The van der Waals surface area contributed by atoms with E-state index in [1.165, 1.54) is 18.2 Å². The van der Waals surface area contributed by atoms with E-state index in [4.69, 9.17) is 23.2 Å². The number of halogens is 2. The van der Waals surface area contributed by atoms with Gasteiger partial charge >= 0.3 is 0 Å². The van der Waals surface area contributed by atoms with Gasteiger partial charge in [-0.15, -0.1) is 11.6 Å². The van der Waals surface area contributed by atoms with Gasteiger partial charge in [-0.05, 0) is 24.5 Å². The molecule has 0 aromatic heterocycles. The van der Waals surface area contributed by atoms with Crippen LogP contribution in [0.2, 0.25) is 5.02 Å². The van der Waals surface area contributed by atoms with Crippen molar-refractivity contribution < 1.29 is 9.72 Å². The lowest BCUT2D eigenvalue weighted by Crippen LogP contribution is -2.43. The van der Waals surface area contributed by atoms with Crippen LogP contribution in [-0.2, 0) is 0 Å². The van der Waals surface area contributed by atoms with Crippen molar-refractivity contribution in [3.8, 4) is 0 Å². The number of hydrogen-bond acceptors (Lipinski definition) is 3. The molecule has 0 spiro atoms. The molecular formula is C13H14Cl2N2O3. The summed E-state index contributed by atoms with van der Waals surface area (Å²) in [6.07, 6.45) is 0.683. The molecule has 1 saturated heterocycles. The highest BCUT2D eigenvalue weighted by Gasteiger charge is 2.31. The van der Waals surface area contributed by atoms with E-state index in [1.54, 1.807) is 4.90 Å². The van der Waals surface area contributed by atoms with Crippen molar-refractivity contribution >= 4 is 34.8 Å². The third-order valence-electron chi connectivity index (χ3n) is 3.47. The van der Waals surface area contributed by atoms with Crippen molar-refractivity contribution in [1.82, 2.24) is 4.90 Å². The third-order valence-corrected chi connectivity index (χ3v) is 4.36. The lowest BCUT2D eigenvalue weighted by Gasteiger charge is -2.34. The summed E-state index contributed by atoms with van der Waals surface area (Å²) in [5.74, 6) is -0.206. The molecule has 1 fully saturated rings. The Morgan fingerprint density at radius 1 is 1.50 bits per heavy atom. The fourth-order valence-corrected chi connectivity index (χ4v) is 2.66. The number of carbonyl (C=O) groups excluding carboxylic acids is 1. The lowest BCUT2D eigenvalue weighted by atomic mass is 9.98. The van der Waals surface area contributed by atoms with Gasteiger partial charge < -0.3 is 4.90 Å². The second-order valence-corrected chi connectivity index (χ2v) is 5.95. The summed E-state index contributed by atoms with van der Waals surface area (Å²) >= 11 is 12.0. The molecule has 1 aromatic rings.